The second-order valence-corrected chi connectivity index (χ2v) is 5.50. The second-order valence-electron chi connectivity index (χ2n) is 5.50. The van der Waals surface area contributed by atoms with Crippen LogP contribution in [0.4, 0.5) is 5.69 Å². The summed E-state index contributed by atoms with van der Waals surface area (Å²) in [6, 6.07) is 6.60. The van der Waals surface area contributed by atoms with Crippen LogP contribution >= 0.6 is 0 Å². The number of nitrogens with zero attached hydrogens (tertiary/aromatic N) is 1. The average Bonchev–Trinajstić information content (AvgIpc) is 2.50. The number of ether oxygens (including phenoxy) is 2. The third-order valence-electron chi connectivity index (χ3n) is 4.02. The van der Waals surface area contributed by atoms with Crippen molar-refractivity contribution in [3.05, 3.63) is 47.2 Å². The standard InChI is InChI=1S/C16H17NO2.C2H6/c1-10-3-4-13-12(7-10)17-5-6-18-14-8-11(2)9-15(19-13)16(14)17;1-2/h3-4,7-9,15-16H,5-6H2,1-2H3;1-2H3. The highest BCUT2D eigenvalue weighted by Gasteiger charge is 2.42. The molecule has 0 bridgehead atoms. The van der Waals surface area contributed by atoms with Crippen LogP contribution in [0.1, 0.15) is 26.3 Å². The average molecular weight is 285 g/mol. The first kappa shape index (κ1) is 14.1. The van der Waals surface area contributed by atoms with Gasteiger partial charge in [-0.2, -0.15) is 0 Å². The van der Waals surface area contributed by atoms with Crippen LogP contribution in [-0.4, -0.2) is 25.3 Å². The molecule has 0 spiro atoms. The summed E-state index contributed by atoms with van der Waals surface area (Å²) in [5.74, 6) is 2.03. The van der Waals surface area contributed by atoms with Crippen molar-refractivity contribution in [2.75, 3.05) is 18.1 Å². The first-order valence-electron chi connectivity index (χ1n) is 7.79. The Kier molecular flexibility index (Phi) is 3.66. The summed E-state index contributed by atoms with van der Waals surface area (Å²) in [6.07, 6.45) is 4.39. The third-order valence-corrected chi connectivity index (χ3v) is 4.02. The first-order chi connectivity index (χ1) is 10.2. The van der Waals surface area contributed by atoms with Gasteiger partial charge in [-0.25, -0.2) is 0 Å². The van der Waals surface area contributed by atoms with Crippen molar-refractivity contribution in [2.24, 2.45) is 0 Å². The fraction of sp³-hybridized carbons (Fsp3) is 0.444. The molecule has 0 radical (unpaired) electrons. The van der Waals surface area contributed by atoms with Gasteiger partial charge in [0, 0.05) is 0 Å². The van der Waals surface area contributed by atoms with Crippen LogP contribution in [0.5, 0.6) is 5.75 Å². The zero-order valence-electron chi connectivity index (χ0n) is 13.2. The molecule has 3 heteroatoms. The van der Waals surface area contributed by atoms with Crippen LogP contribution in [-0.2, 0) is 4.74 Å². The SMILES string of the molecule is CC.CC1=CC2Oc3ccc(C)cc3N3CCOC(=C1)C23. The van der Waals surface area contributed by atoms with Crippen molar-refractivity contribution in [2.45, 2.75) is 39.8 Å². The maximum atomic E-state index is 6.16. The van der Waals surface area contributed by atoms with E-state index in [4.69, 9.17) is 9.47 Å². The molecule has 2 heterocycles. The molecule has 112 valence electrons. The Balaban J connectivity index is 0.000000636. The molecule has 2 unspecified atom stereocenters. The molecule has 0 N–H and O–H groups in total. The van der Waals surface area contributed by atoms with Crippen molar-refractivity contribution in [1.82, 2.24) is 0 Å². The van der Waals surface area contributed by atoms with Gasteiger partial charge in [0.2, 0.25) is 0 Å². The minimum Gasteiger partial charge on any atom is -0.494 e. The number of aryl methyl sites for hydroxylation is 1. The van der Waals surface area contributed by atoms with Gasteiger partial charge in [-0.3, -0.25) is 0 Å². The first-order valence-corrected chi connectivity index (χ1v) is 7.79. The summed E-state index contributed by atoms with van der Waals surface area (Å²) in [5.41, 5.74) is 3.68. The molecule has 3 aliphatic rings. The summed E-state index contributed by atoms with van der Waals surface area (Å²) in [5, 5.41) is 0. The fourth-order valence-corrected chi connectivity index (χ4v) is 3.20. The number of fused-ring (bicyclic) bond motifs is 2. The molecule has 1 aliphatic carbocycles. The topological polar surface area (TPSA) is 21.7 Å². The Morgan fingerprint density at radius 1 is 1.19 bits per heavy atom. The van der Waals surface area contributed by atoms with E-state index in [2.05, 4.69) is 49.1 Å². The van der Waals surface area contributed by atoms with Gasteiger partial charge in [-0.1, -0.05) is 19.9 Å². The molecule has 3 nitrogen and oxygen atoms in total. The number of hydrogen-bond acceptors (Lipinski definition) is 3. The predicted octanol–water partition coefficient (Wildman–Crippen LogP) is 3.83. The van der Waals surface area contributed by atoms with Gasteiger partial charge < -0.3 is 14.4 Å². The molecule has 1 aromatic carbocycles. The molecule has 0 aromatic heterocycles. The molecule has 4 rings (SSSR count). The van der Waals surface area contributed by atoms with Crippen molar-refractivity contribution in [3.63, 3.8) is 0 Å². The number of rotatable bonds is 0. The van der Waals surface area contributed by atoms with E-state index in [0.717, 1.165) is 24.7 Å². The Morgan fingerprint density at radius 3 is 2.81 bits per heavy atom. The smallest absolute Gasteiger partial charge is 0.145 e. The Hall–Kier alpha value is -1.90. The number of anilines is 1. The van der Waals surface area contributed by atoms with Crippen molar-refractivity contribution in [3.8, 4) is 5.75 Å². The van der Waals surface area contributed by atoms with Gasteiger partial charge in [0.05, 0.1) is 12.2 Å². The summed E-state index contributed by atoms with van der Waals surface area (Å²) in [7, 11) is 0. The van der Waals surface area contributed by atoms with E-state index in [9.17, 15) is 0 Å². The van der Waals surface area contributed by atoms with Crippen LogP contribution in [0, 0.1) is 6.92 Å². The van der Waals surface area contributed by atoms with E-state index >= 15 is 0 Å². The molecule has 1 fully saturated rings. The predicted molar refractivity (Wildman–Crippen MR) is 85.9 cm³/mol. The lowest BCUT2D eigenvalue weighted by atomic mass is 9.93. The van der Waals surface area contributed by atoms with E-state index in [0.29, 0.717) is 0 Å². The highest BCUT2D eigenvalue weighted by atomic mass is 16.5. The van der Waals surface area contributed by atoms with Crippen LogP contribution in [0.3, 0.4) is 0 Å². The van der Waals surface area contributed by atoms with Crippen LogP contribution < -0.4 is 9.64 Å². The third kappa shape index (κ3) is 2.31. The van der Waals surface area contributed by atoms with E-state index in [1.54, 1.807) is 0 Å². The zero-order chi connectivity index (χ0) is 15.0. The van der Waals surface area contributed by atoms with Gasteiger partial charge in [0.15, 0.2) is 0 Å². The highest BCUT2D eigenvalue weighted by Crippen LogP contribution is 2.42. The van der Waals surface area contributed by atoms with E-state index in [-0.39, 0.29) is 12.1 Å². The van der Waals surface area contributed by atoms with Gasteiger partial charge in [0.25, 0.3) is 0 Å². The lowest BCUT2D eigenvalue weighted by Gasteiger charge is -2.47. The van der Waals surface area contributed by atoms with Crippen molar-refractivity contribution in [1.29, 1.82) is 0 Å². The molecule has 2 atom stereocenters. The second kappa shape index (κ2) is 5.47. The van der Waals surface area contributed by atoms with Gasteiger partial charge >= 0.3 is 0 Å². The van der Waals surface area contributed by atoms with Crippen LogP contribution in [0.15, 0.2) is 41.7 Å². The van der Waals surface area contributed by atoms with Crippen molar-refractivity contribution < 1.29 is 9.47 Å². The number of hydrogen-bond donors (Lipinski definition) is 0. The van der Waals surface area contributed by atoms with Crippen LogP contribution in [0.2, 0.25) is 0 Å². The Bertz CT molecular complexity index is 603. The van der Waals surface area contributed by atoms with Gasteiger partial charge in [0.1, 0.15) is 30.3 Å². The molecular weight excluding hydrogens is 262 g/mol. The normalized spacial score (nSPS) is 25.0. The largest absolute Gasteiger partial charge is 0.494 e. The maximum Gasteiger partial charge on any atom is 0.145 e. The van der Waals surface area contributed by atoms with Gasteiger partial charge in [-0.05, 0) is 49.3 Å². The minimum absolute atomic E-state index is 0.0653. The molecule has 0 saturated carbocycles. The molecule has 21 heavy (non-hydrogen) atoms. The van der Waals surface area contributed by atoms with E-state index in [1.807, 2.05) is 13.8 Å². The van der Waals surface area contributed by atoms with E-state index < -0.39 is 0 Å². The van der Waals surface area contributed by atoms with Gasteiger partial charge in [-0.15, -0.1) is 0 Å². The lowest BCUT2D eigenvalue weighted by molar-refractivity contribution is 0.105. The van der Waals surface area contributed by atoms with Crippen LogP contribution in [0.25, 0.3) is 0 Å². The highest BCUT2D eigenvalue weighted by molar-refractivity contribution is 5.65. The Labute approximate surface area is 126 Å². The lowest BCUT2D eigenvalue weighted by Crippen LogP contribution is -2.55. The van der Waals surface area contributed by atoms with E-state index in [1.165, 1.54) is 16.8 Å². The summed E-state index contributed by atoms with van der Waals surface area (Å²) < 4.78 is 12.0. The Morgan fingerprint density at radius 2 is 2.00 bits per heavy atom. The molecule has 1 aromatic rings. The minimum atomic E-state index is 0.0653. The molecular formula is C18H23NO2. The zero-order valence-corrected chi connectivity index (χ0v) is 13.2. The molecule has 2 aliphatic heterocycles. The number of morpholine rings is 1. The molecule has 0 amide bonds. The molecule has 1 saturated heterocycles. The quantitative estimate of drug-likeness (QED) is 0.723. The summed E-state index contributed by atoms with van der Waals surface area (Å²) >= 11 is 0. The summed E-state index contributed by atoms with van der Waals surface area (Å²) in [4.78, 5) is 2.43. The monoisotopic (exact) mass is 285 g/mol. The number of allylic oxidation sites excluding steroid dienone is 2. The van der Waals surface area contributed by atoms with Crippen molar-refractivity contribution >= 4 is 5.69 Å². The fourth-order valence-electron chi connectivity index (χ4n) is 3.20. The summed E-state index contributed by atoms with van der Waals surface area (Å²) in [6.45, 7) is 9.88. The number of benzene rings is 1. The maximum absolute atomic E-state index is 6.16.